The molecule has 0 spiro atoms. The predicted molar refractivity (Wildman–Crippen MR) is 125 cm³/mol. The van der Waals surface area contributed by atoms with Crippen molar-refractivity contribution in [1.29, 1.82) is 0 Å². The average molecular weight is 440 g/mol. The average Bonchev–Trinajstić information content (AvgIpc) is 3.55. The standard InChI is InChI=1S/C25H20N4O4/c1-31-22-10-9-15(12-23(22)32-2)19-13-17(16-6-3-4-7-18(16)27-19)24(30)29-25-26-14-20(28-25)21-8-5-11-33-21/h3-14H,1-2H3,(H2,26,28,29,30). The zero-order valence-electron chi connectivity index (χ0n) is 18.0. The Balaban J connectivity index is 1.53. The van der Waals surface area contributed by atoms with Gasteiger partial charge in [0.25, 0.3) is 5.91 Å². The number of nitrogens with one attached hydrogen (secondary N) is 2. The Hall–Kier alpha value is -4.59. The Bertz CT molecular complexity index is 1440. The molecule has 5 rings (SSSR count). The first-order valence-electron chi connectivity index (χ1n) is 10.2. The highest BCUT2D eigenvalue weighted by atomic mass is 16.5. The maximum atomic E-state index is 13.3. The summed E-state index contributed by atoms with van der Waals surface area (Å²) in [7, 11) is 3.16. The number of anilines is 1. The summed E-state index contributed by atoms with van der Waals surface area (Å²) in [4.78, 5) is 25.3. The van der Waals surface area contributed by atoms with Crippen LogP contribution in [0.1, 0.15) is 10.4 Å². The molecule has 0 fully saturated rings. The number of imidazole rings is 1. The molecule has 8 nitrogen and oxygen atoms in total. The number of amides is 1. The number of aromatic amines is 1. The Morgan fingerprint density at radius 1 is 1.00 bits per heavy atom. The summed E-state index contributed by atoms with van der Waals surface area (Å²) in [6, 6.07) is 18.4. The fourth-order valence-corrected chi connectivity index (χ4v) is 3.62. The summed E-state index contributed by atoms with van der Waals surface area (Å²) < 4.78 is 16.1. The number of carbonyl (C=O) groups excluding carboxylic acids is 1. The van der Waals surface area contributed by atoms with Gasteiger partial charge >= 0.3 is 0 Å². The van der Waals surface area contributed by atoms with Gasteiger partial charge in [0.15, 0.2) is 17.3 Å². The van der Waals surface area contributed by atoms with Crippen LogP contribution in [0.5, 0.6) is 11.5 Å². The van der Waals surface area contributed by atoms with E-state index in [0.717, 1.165) is 10.9 Å². The zero-order chi connectivity index (χ0) is 22.8. The molecule has 3 aromatic heterocycles. The number of rotatable bonds is 6. The fourth-order valence-electron chi connectivity index (χ4n) is 3.62. The van der Waals surface area contributed by atoms with Gasteiger partial charge in [0.05, 0.1) is 43.5 Å². The second kappa shape index (κ2) is 8.51. The monoisotopic (exact) mass is 440 g/mol. The highest BCUT2D eigenvalue weighted by Crippen LogP contribution is 2.33. The van der Waals surface area contributed by atoms with Gasteiger partial charge < -0.3 is 18.9 Å². The molecule has 33 heavy (non-hydrogen) atoms. The molecule has 0 aliphatic carbocycles. The Labute approximate surface area is 189 Å². The van der Waals surface area contributed by atoms with Gasteiger partial charge in [0, 0.05) is 10.9 Å². The van der Waals surface area contributed by atoms with E-state index in [-0.39, 0.29) is 5.91 Å². The maximum Gasteiger partial charge on any atom is 0.258 e. The van der Waals surface area contributed by atoms with Crippen LogP contribution in [0.4, 0.5) is 5.95 Å². The lowest BCUT2D eigenvalue weighted by molar-refractivity contribution is 0.102. The van der Waals surface area contributed by atoms with Crippen LogP contribution in [-0.4, -0.2) is 35.1 Å². The van der Waals surface area contributed by atoms with Crippen molar-refractivity contribution in [1.82, 2.24) is 15.0 Å². The molecular weight excluding hydrogens is 420 g/mol. The van der Waals surface area contributed by atoms with Crippen LogP contribution < -0.4 is 14.8 Å². The van der Waals surface area contributed by atoms with E-state index in [1.165, 1.54) is 0 Å². The number of furan rings is 1. The van der Waals surface area contributed by atoms with Crippen molar-refractivity contribution in [2.45, 2.75) is 0 Å². The summed E-state index contributed by atoms with van der Waals surface area (Å²) >= 11 is 0. The summed E-state index contributed by atoms with van der Waals surface area (Å²) in [6.07, 6.45) is 3.18. The molecule has 3 heterocycles. The first kappa shape index (κ1) is 20.3. The number of carbonyl (C=O) groups is 1. The minimum atomic E-state index is -0.310. The first-order valence-corrected chi connectivity index (χ1v) is 10.2. The third-order valence-electron chi connectivity index (χ3n) is 5.23. The predicted octanol–water partition coefficient (Wildman–Crippen LogP) is 5.15. The van der Waals surface area contributed by atoms with Crippen LogP contribution in [0.25, 0.3) is 33.6 Å². The van der Waals surface area contributed by atoms with Crippen molar-refractivity contribution in [3.63, 3.8) is 0 Å². The van der Waals surface area contributed by atoms with Crippen molar-refractivity contribution >= 4 is 22.8 Å². The molecule has 8 heteroatoms. The number of aromatic nitrogens is 3. The molecule has 2 aromatic carbocycles. The van der Waals surface area contributed by atoms with Crippen molar-refractivity contribution in [3.8, 4) is 34.2 Å². The number of para-hydroxylation sites is 1. The minimum Gasteiger partial charge on any atom is -0.493 e. The lowest BCUT2D eigenvalue weighted by Gasteiger charge is -2.12. The quantitative estimate of drug-likeness (QED) is 0.378. The van der Waals surface area contributed by atoms with Gasteiger partial charge in [-0.15, -0.1) is 0 Å². The molecule has 0 bridgehead atoms. The van der Waals surface area contributed by atoms with E-state index in [1.54, 1.807) is 38.8 Å². The molecule has 5 aromatic rings. The van der Waals surface area contributed by atoms with Gasteiger partial charge in [0.1, 0.15) is 5.69 Å². The van der Waals surface area contributed by atoms with Crippen LogP contribution in [0.3, 0.4) is 0 Å². The van der Waals surface area contributed by atoms with Crippen molar-refractivity contribution in [2.24, 2.45) is 0 Å². The molecule has 0 aliphatic heterocycles. The van der Waals surface area contributed by atoms with E-state index in [0.29, 0.717) is 45.7 Å². The van der Waals surface area contributed by atoms with E-state index in [1.807, 2.05) is 48.5 Å². The SMILES string of the molecule is COc1ccc(-c2cc(C(=O)Nc3ncc(-c4ccco4)[nH]3)c3ccccc3n2)cc1OC. The summed E-state index contributed by atoms with van der Waals surface area (Å²) in [5, 5.41) is 3.57. The molecule has 164 valence electrons. The molecule has 0 saturated carbocycles. The summed E-state index contributed by atoms with van der Waals surface area (Å²) in [5.41, 5.74) is 3.27. The van der Waals surface area contributed by atoms with Gasteiger partial charge in [-0.1, -0.05) is 18.2 Å². The highest BCUT2D eigenvalue weighted by Gasteiger charge is 2.17. The van der Waals surface area contributed by atoms with E-state index in [9.17, 15) is 4.79 Å². The van der Waals surface area contributed by atoms with Crippen molar-refractivity contribution < 1.29 is 18.7 Å². The molecule has 0 saturated heterocycles. The number of hydrogen-bond acceptors (Lipinski definition) is 6. The normalized spacial score (nSPS) is 10.8. The van der Waals surface area contributed by atoms with Gasteiger partial charge in [-0.25, -0.2) is 9.97 Å². The Morgan fingerprint density at radius 3 is 2.64 bits per heavy atom. The van der Waals surface area contributed by atoms with Crippen LogP contribution in [-0.2, 0) is 0 Å². The smallest absolute Gasteiger partial charge is 0.258 e. The number of ether oxygens (including phenoxy) is 2. The number of nitrogens with zero attached hydrogens (tertiary/aromatic N) is 2. The Morgan fingerprint density at radius 2 is 1.85 bits per heavy atom. The molecule has 0 atom stereocenters. The van der Waals surface area contributed by atoms with Crippen LogP contribution in [0.2, 0.25) is 0 Å². The van der Waals surface area contributed by atoms with Crippen molar-refractivity contribution in [2.75, 3.05) is 19.5 Å². The number of fused-ring (bicyclic) bond motifs is 1. The van der Waals surface area contributed by atoms with Crippen LogP contribution in [0, 0.1) is 0 Å². The van der Waals surface area contributed by atoms with Gasteiger partial charge in [-0.3, -0.25) is 10.1 Å². The highest BCUT2D eigenvalue weighted by molar-refractivity contribution is 6.12. The van der Waals surface area contributed by atoms with Crippen LogP contribution in [0.15, 0.2) is 77.5 Å². The zero-order valence-corrected chi connectivity index (χ0v) is 18.0. The summed E-state index contributed by atoms with van der Waals surface area (Å²) in [6.45, 7) is 0. The molecule has 0 aliphatic rings. The number of hydrogen-bond donors (Lipinski definition) is 2. The topological polar surface area (TPSA) is 102 Å². The van der Waals surface area contributed by atoms with E-state index >= 15 is 0 Å². The maximum absolute atomic E-state index is 13.3. The van der Waals surface area contributed by atoms with Crippen LogP contribution >= 0.6 is 0 Å². The fraction of sp³-hybridized carbons (Fsp3) is 0.0800. The Kier molecular flexibility index (Phi) is 5.24. The summed E-state index contributed by atoms with van der Waals surface area (Å²) in [5.74, 6) is 1.84. The van der Waals surface area contributed by atoms with Gasteiger partial charge in [-0.2, -0.15) is 0 Å². The number of H-pyrrole nitrogens is 1. The molecule has 2 N–H and O–H groups in total. The first-order chi connectivity index (χ1) is 16.2. The number of benzene rings is 2. The van der Waals surface area contributed by atoms with E-state index < -0.39 is 0 Å². The lowest BCUT2D eigenvalue weighted by Crippen LogP contribution is -2.14. The second-order valence-corrected chi connectivity index (χ2v) is 7.22. The van der Waals surface area contributed by atoms with E-state index in [2.05, 4.69) is 15.3 Å². The number of pyridine rings is 1. The van der Waals surface area contributed by atoms with Gasteiger partial charge in [0.2, 0.25) is 5.95 Å². The second-order valence-electron chi connectivity index (χ2n) is 7.22. The third kappa shape index (κ3) is 3.89. The van der Waals surface area contributed by atoms with Crippen molar-refractivity contribution in [3.05, 3.63) is 78.7 Å². The molecule has 0 radical (unpaired) electrons. The van der Waals surface area contributed by atoms with E-state index in [4.69, 9.17) is 18.9 Å². The van der Waals surface area contributed by atoms with Gasteiger partial charge in [-0.05, 0) is 42.5 Å². The number of methoxy groups -OCH3 is 2. The molecule has 0 unspecified atom stereocenters. The minimum absolute atomic E-state index is 0.310. The largest absolute Gasteiger partial charge is 0.493 e. The molecule has 1 amide bonds. The third-order valence-corrected chi connectivity index (χ3v) is 5.23. The lowest BCUT2D eigenvalue weighted by atomic mass is 10.0. The molecular formula is C25H20N4O4.